The summed E-state index contributed by atoms with van der Waals surface area (Å²) in [5.74, 6) is -0.120. The molecule has 1 atom stereocenters. The molecular formula is C15H18N4O3S. The molecule has 0 aliphatic carbocycles. The van der Waals surface area contributed by atoms with Crippen LogP contribution >= 0.6 is 11.3 Å². The summed E-state index contributed by atoms with van der Waals surface area (Å²) in [6, 6.07) is 1.28. The molecule has 3 heterocycles. The summed E-state index contributed by atoms with van der Waals surface area (Å²) in [5, 5.41) is 2.84. The van der Waals surface area contributed by atoms with Crippen LogP contribution in [0.5, 0.6) is 0 Å². The monoisotopic (exact) mass is 334 g/mol. The van der Waals surface area contributed by atoms with Crippen LogP contribution in [0.25, 0.3) is 0 Å². The molecule has 1 aliphatic rings. The van der Waals surface area contributed by atoms with E-state index in [0.29, 0.717) is 6.54 Å². The maximum atomic E-state index is 12.7. The van der Waals surface area contributed by atoms with Crippen LogP contribution in [0.3, 0.4) is 0 Å². The van der Waals surface area contributed by atoms with Gasteiger partial charge in [-0.15, -0.1) is 11.3 Å². The number of rotatable bonds is 3. The molecular weight excluding hydrogens is 316 g/mol. The summed E-state index contributed by atoms with van der Waals surface area (Å²) < 4.78 is 2.28. The number of thiazole rings is 1. The highest BCUT2D eigenvalue weighted by Gasteiger charge is 2.29. The van der Waals surface area contributed by atoms with E-state index in [2.05, 4.69) is 4.98 Å². The quantitative estimate of drug-likeness (QED) is 0.830. The molecule has 2 aromatic rings. The van der Waals surface area contributed by atoms with Gasteiger partial charge in [0, 0.05) is 37.4 Å². The van der Waals surface area contributed by atoms with Crippen LogP contribution in [0, 0.1) is 0 Å². The largest absolute Gasteiger partial charge is 0.332 e. The van der Waals surface area contributed by atoms with Crippen LogP contribution in [0.1, 0.15) is 30.3 Å². The Hall–Kier alpha value is -2.22. The SMILES string of the molecule is Cn1c(=O)ccn(CC(=O)N2CCCCC2c2nccs2)c1=O. The van der Waals surface area contributed by atoms with Crippen molar-refractivity contribution in [1.82, 2.24) is 19.0 Å². The number of hydrogen-bond donors (Lipinski definition) is 0. The van der Waals surface area contributed by atoms with Crippen molar-refractivity contribution in [2.45, 2.75) is 31.8 Å². The highest BCUT2D eigenvalue weighted by atomic mass is 32.1. The van der Waals surface area contributed by atoms with Crippen LogP contribution in [0.15, 0.2) is 33.4 Å². The van der Waals surface area contributed by atoms with E-state index < -0.39 is 5.69 Å². The third-order valence-electron chi connectivity index (χ3n) is 4.13. The molecule has 1 amide bonds. The van der Waals surface area contributed by atoms with Crippen LogP contribution in [-0.2, 0) is 18.4 Å². The van der Waals surface area contributed by atoms with Gasteiger partial charge in [0.2, 0.25) is 5.91 Å². The first-order valence-corrected chi connectivity index (χ1v) is 8.41. The predicted octanol–water partition coefficient (Wildman–Crippen LogP) is 0.757. The zero-order chi connectivity index (χ0) is 16.4. The smallest absolute Gasteiger partial charge is 0.331 e. The van der Waals surface area contributed by atoms with Gasteiger partial charge in [-0.25, -0.2) is 9.78 Å². The molecule has 0 radical (unpaired) electrons. The Morgan fingerprint density at radius 1 is 1.39 bits per heavy atom. The lowest BCUT2D eigenvalue weighted by Gasteiger charge is -2.34. The van der Waals surface area contributed by atoms with E-state index in [1.807, 2.05) is 5.38 Å². The van der Waals surface area contributed by atoms with Gasteiger partial charge in [0.15, 0.2) is 0 Å². The van der Waals surface area contributed by atoms with Crippen molar-refractivity contribution in [1.29, 1.82) is 0 Å². The maximum Gasteiger partial charge on any atom is 0.331 e. The van der Waals surface area contributed by atoms with Gasteiger partial charge in [0.05, 0.1) is 6.04 Å². The predicted molar refractivity (Wildman–Crippen MR) is 86.4 cm³/mol. The van der Waals surface area contributed by atoms with Crippen molar-refractivity contribution in [2.24, 2.45) is 7.05 Å². The number of piperidine rings is 1. The van der Waals surface area contributed by atoms with Gasteiger partial charge >= 0.3 is 5.69 Å². The van der Waals surface area contributed by atoms with Crippen molar-refractivity contribution in [3.63, 3.8) is 0 Å². The maximum absolute atomic E-state index is 12.7. The number of amides is 1. The zero-order valence-corrected chi connectivity index (χ0v) is 13.7. The minimum atomic E-state index is -0.478. The van der Waals surface area contributed by atoms with E-state index in [-0.39, 0.29) is 24.1 Å². The Morgan fingerprint density at radius 2 is 2.22 bits per heavy atom. The average molecular weight is 334 g/mol. The van der Waals surface area contributed by atoms with Gasteiger partial charge in [-0.1, -0.05) is 0 Å². The number of likely N-dealkylation sites (tertiary alicyclic amines) is 1. The van der Waals surface area contributed by atoms with Crippen LogP contribution in [0.2, 0.25) is 0 Å². The fourth-order valence-corrected chi connectivity index (χ4v) is 3.64. The third kappa shape index (κ3) is 3.12. The van der Waals surface area contributed by atoms with Gasteiger partial charge in [0.1, 0.15) is 11.6 Å². The van der Waals surface area contributed by atoms with Crippen molar-refractivity contribution < 1.29 is 4.79 Å². The average Bonchev–Trinajstić information content (AvgIpc) is 3.10. The Bertz CT molecular complexity index is 809. The lowest BCUT2D eigenvalue weighted by atomic mass is 10.0. The highest BCUT2D eigenvalue weighted by Crippen LogP contribution is 2.32. The molecule has 0 saturated carbocycles. The molecule has 1 unspecified atom stereocenters. The van der Waals surface area contributed by atoms with Crippen LogP contribution < -0.4 is 11.2 Å². The van der Waals surface area contributed by atoms with E-state index in [9.17, 15) is 14.4 Å². The third-order valence-corrected chi connectivity index (χ3v) is 5.00. The Balaban J connectivity index is 1.83. The fourth-order valence-electron chi connectivity index (χ4n) is 2.86. The Morgan fingerprint density at radius 3 is 2.96 bits per heavy atom. The van der Waals surface area contributed by atoms with E-state index in [1.54, 1.807) is 22.4 Å². The molecule has 8 heteroatoms. The molecule has 0 N–H and O–H groups in total. The summed E-state index contributed by atoms with van der Waals surface area (Å²) in [7, 11) is 1.41. The molecule has 0 bridgehead atoms. The molecule has 0 aromatic carbocycles. The molecule has 1 fully saturated rings. The summed E-state index contributed by atoms with van der Waals surface area (Å²) in [5.41, 5.74) is -0.856. The topological polar surface area (TPSA) is 77.2 Å². The Labute approximate surface area is 136 Å². The lowest BCUT2D eigenvalue weighted by molar-refractivity contribution is -0.135. The lowest BCUT2D eigenvalue weighted by Crippen LogP contribution is -2.44. The number of carbonyl (C=O) groups excluding carboxylic acids is 1. The first-order chi connectivity index (χ1) is 11.1. The normalized spacial score (nSPS) is 18.1. The van der Waals surface area contributed by atoms with E-state index in [0.717, 1.165) is 28.8 Å². The first kappa shape index (κ1) is 15.7. The van der Waals surface area contributed by atoms with E-state index >= 15 is 0 Å². The molecule has 3 rings (SSSR count). The second-order valence-corrected chi connectivity index (χ2v) is 6.52. The molecule has 1 aliphatic heterocycles. The van der Waals surface area contributed by atoms with E-state index in [4.69, 9.17) is 0 Å². The first-order valence-electron chi connectivity index (χ1n) is 7.53. The van der Waals surface area contributed by atoms with Gasteiger partial charge in [-0.3, -0.25) is 18.7 Å². The van der Waals surface area contributed by atoms with Gasteiger partial charge in [-0.2, -0.15) is 0 Å². The van der Waals surface area contributed by atoms with Crippen LogP contribution in [-0.4, -0.2) is 31.5 Å². The number of nitrogens with zero attached hydrogens (tertiary/aromatic N) is 4. The minimum absolute atomic E-state index is 0.0144. The fraction of sp³-hybridized carbons (Fsp3) is 0.467. The molecule has 1 saturated heterocycles. The molecule has 2 aromatic heterocycles. The minimum Gasteiger partial charge on any atom is -0.332 e. The molecule has 122 valence electrons. The van der Waals surface area contributed by atoms with Crippen LogP contribution in [0.4, 0.5) is 0 Å². The summed E-state index contributed by atoms with van der Waals surface area (Å²) in [6.07, 6.45) is 6.03. The molecule has 7 nitrogen and oxygen atoms in total. The standard InChI is InChI=1S/C15H18N4O3S/c1-17-12(20)5-8-18(15(17)22)10-13(21)19-7-3-2-4-11(19)14-16-6-9-23-14/h5-6,8-9,11H,2-4,7,10H2,1H3. The summed E-state index contributed by atoms with van der Waals surface area (Å²) in [4.78, 5) is 42.3. The number of hydrogen-bond acceptors (Lipinski definition) is 5. The van der Waals surface area contributed by atoms with Gasteiger partial charge in [-0.05, 0) is 19.3 Å². The van der Waals surface area contributed by atoms with Crippen molar-refractivity contribution in [3.8, 4) is 0 Å². The molecule has 0 spiro atoms. The van der Waals surface area contributed by atoms with Gasteiger partial charge in [0.25, 0.3) is 5.56 Å². The number of carbonyl (C=O) groups is 1. The summed E-state index contributed by atoms with van der Waals surface area (Å²) in [6.45, 7) is 0.610. The van der Waals surface area contributed by atoms with E-state index in [1.165, 1.54) is 23.9 Å². The van der Waals surface area contributed by atoms with Gasteiger partial charge < -0.3 is 4.90 Å². The number of aromatic nitrogens is 3. The molecule has 23 heavy (non-hydrogen) atoms. The highest BCUT2D eigenvalue weighted by molar-refractivity contribution is 7.09. The Kier molecular flexibility index (Phi) is 4.42. The summed E-state index contributed by atoms with van der Waals surface area (Å²) >= 11 is 1.55. The van der Waals surface area contributed by atoms with Crippen molar-refractivity contribution in [3.05, 3.63) is 49.7 Å². The zero-order valence-electron chi connectivity index (χ0n) is 12.8. The second-order valence-electron chi connectivity index (χ2n) is 5.59. The van der Waals surface area contributed by atoms with Crippen molar-refractivity contribution >= 4 is 17.2 Å². The van der Waals surface area contributed by atoms with Crippen molar-refractivity contribution in [2.75, 3.05) is 6.54 Å². The second kappa shape index (κ2) is 6.49.